The first-order valence-corrected chi connectivity index (χ1v) is 9.23. The van der Waals surface area contributed by atoms with Crippen LogP contribution in [0, 0.1) is 0 Å². The van der Waals surface area contributed by atoms with Crippen LogP contribution < -0.4 is 19.7 Å². The van der Waals surface area contributed by atoms with E-state index in [4.69, 9.17) is 9.47 Å². The number of hydrogen-bond acceptors (Lipinski definition) is 5. The lowest BCUT2D eigenvalue weighted by Crippen LogP contribution is -2.47. The number of carbonyl (C=O) groups is 1. The van der Waals surface area contributed by atoms with E-state index >= 15 is 0 Å². The van der Waals surface area contributed by atoms with Crippen molar-refractivity contribution in [3.05, 3.63) is 48.5 Å². The molecule has 0 atom stereocenters. The SMILES string of the molecule is COc1ccc(NC(=O)CCN2CCN(c3ccc(OC)cc3)CC2)cc1. The number of nitrogens with one attached hydrogen (secondary N) is 1. The first-order chi connectivity index (χ1) is 13.2. The highest BCUT2D eigenvalue weighted by Gasteiger charge is 2.18. The summed E-state index contributed by atoms with van der Waals surface area (Å²) in [6.45, 7) is 4.63. The zero-order valence-electron chi connectivity index (χ0n) is 16.0. The first kappa shape index (κ1) is 19.0. The van der Waals surface area contributed by atoms with E-state index in [-0.39, 0.29) is 5.91 Å². The predicted molar refractivity (Wildman–Crippen MR) is 108 cm³/mol. The van der Waals surface area contributed by atoms with Gasteiger partial charge in [0.05, 0.1) is 14.2 Å². The number of anilines is 2. The summed E-state index contributed by atoms with van der Waals surface area (Å²) in [5.41, 5.74) is 2.01. The van der Waals surface area contributed by atoms with Crippen LogP contribution in [0.2, 0.25) is 0 Å². The Labute approximate surface area is 160 Å². The highest BCUT2D eigenvalue weighted by atomic mass is 16.5. The third-order valence-electron chi connectivity index (χ3n) is 4.84. The Kier molecular flexibility index (Phi) is 6.54. The average molecular weight is 369 g/mol. The van der Waals surface area contributed by atoms with Crippen LogP contribution in [0.5, 0.6) is 11.5 Å². The molecule has 6 nitrogen and oxygen atoms in total. The van der Waals surface area contributed by atoms with Crippen LogP contribution >= 0.6 is 0 Å². The van der Waals surface area contributed by atoms with Crippen molar-refractivity contribution in [3.8, 4) is 11.5 Å². The predicted octanol–water partition coefficient (Wildman–Crippen LogP) is 2.85. The van der Waals surface area contributed by atoms with Gasteiger partial charge in [0.1, 0.15) is 11.5 Å². The van der Waals surface area contributed by atoms with Gasteiger partial charge < -0.3 is 19.7 Å². The lowest BCUT2D eigenvalue weighted by atomic mass is 10.2. The topological polar surface area (TPSA) is 54.0 Å². The van der Waals surface area contributed by atoms with Gasteiger partial charge in [0.25, 0.3) is 0 Å². The summed E-state index contributed by atoms with van der Waals surface area (Å²) in [5.74, 6) is 1.70. The Morgan fingerprint density at radius 1 is 0.889 bits per heavy atom. The van der Waals surface area contributed by atoms with E-state index in [0.29, 0.717) is 6.42 Å². The van der Waals surface area contributed by atoms with Crippen molar-refractivity contribution >= 4 is 17.3 Å². The monoisotopic (exact) mass is 369 g/mol. The summed E-state index contributed by atoms with van der Waals surface area (Å²) in [4.78, 5) is 16.9. The van der Waals surface area contributed by atoms with Crippen LogP contribution in [0.3, 0.4) is 0 Å². The molecule has 0 spiro atoms. The van der Waals surface area contributed by atoms with Crippen LogP contribution in [0.1, 0.15) is 6.42 Å². The number of nitrogens with zero attached hydrogens (tertiary/aromatic N) is 2. The highest BCUT2D eigenvalue weighted by molar-refractivity contribution is 5.90. The van der Waals surface area contributed by atoms with Crippen molar-refractivity contribution in [2.75, 3.05) is 57.2 Å². The van der Waals surface area contributed by atoms with E-state index in [1.807, 2.05) is 36.4 Å². The van der Waals surface area contributed by atoms with Crippen molar-refractivity contribution in [2.24, 2.45) is 0 Å². The minimum absolute atomic E-state index is 0.0396. The molecule has 1 fully saturated rings. The van der Waals surface area contributed by atoms with E-state index < -0.39 is 0 Å². The molecular formula is C21H27N3O3. The highest BCUT2D eigenvalue weighted by Crippen LogP contribution is 2.20. The van der Waals surface area contributed by atoms with E-state index in [0.717, 1.165) is 49.9 Å². The molecule has 6 heteroatoms. The molecule has 0 saturated carbocycles. The minimum Gasteiger partial charge on any atom is -0.497 e. The van der Waals surface area contributed by atoms with Gasteiger partial charge in [-0.2, -0.15) is 0 Å². The molecule has 2 aromatic carbocycles. The van der Waals surface area contributed by atoms with Crippen LogP contribution in [-0.4, -0.2) is 57.8 Å². The lowest BCUT2D eigenvalue weighted by molar-refractivity contribution is -0.116. The van der Waals surface area contributed by atoms with Crippen LogP contribution in [0.25, 0.3) is 0 Å². The lowest BCUT2D eigenvalue weighted by Gasteiger charge is -2.36. The fraction of sp³-hybridized carbons (Fsp3) is 0.381. The fourth-order valence-electron chi connectivity index (χ4n) is 3.18. The molecule has 0 aromatic heterocycles. The number of ether oxygens (including phenoxy) is 2. The second kappa shape index (κ2) is 9.28. The normalized spacial score (nSPS) is 14.7. The van der Waals surface area contributed by atoms with Crippen LogP contribution in [0.4, 0.5) is 11.4 Å². The van der Waals surface area contributed by atoms with Gasteiger partial charge in [0, 0.05) is 50.5 Å². The van der Waals surface area contributed by atoms with Gasteiger partial charge in [0.15, 0.2) is 0 Å². The summed E-state index contributed by atoms with van der Waals surface area (Å²) >= 11 is 0. The summed E-state index contributed by atoms with van der Waals surface area (Å²) in [5, 5.41) is 2.93. The minimum atomic E-state index is 0.0396. The number of benzene rings is 2. The molecule has 1 saturated heterocycles. The van der Waals surface area contributed by atoms with E-state index in [2.05, 4.69) is 27.2 Å². The Balaban J connectivity index is 1.40. The maximum Gasteiger partial charge on any atom is 0.225 e. The number of hydrogen-bond donors (Lipinski definition) is 1. The molecule has 1 amide bonds. The summed E-state index contributed by atoms with van der Waals surface area (Å²) < 4.78 is 10.3. The Bertz CT molecular complexity index is 723. The number of piperazine rings is 1. The third-order valence-corrected chi connectivity index (χ3v) is 4.84. The van der Waals surface area contributed by atoms with Gasteiger partial charge in [-0.1, -0.05) is 0 Å². The molecule has 0 unspecified atom stereocenters. The third kappa shape index (κ3) is 5.37. The number of carbonyl (C=O) groups excluding carboxylic acids is 1. The van der Waals surface area contributed by atoms with Crippen LogP contribution in [-0.2, 0) is 4.79 Å². The van der Waals surface area contributed by atoms with Gasteiger partial charge in [-0.3, -0.25) is 9.69 Å². The molecule has 1 heterocycles. The average Bonchev–Trinajstić information content (AvgIpc) is 2.73. The second-order valence-electron chi connectivity index (χ2n) is 6.55. The molecule has 0 aliphatic carbocycles. The molecule has 1 aliphatic heterocycles. The van der Waals surface area contributed by atoms with Crippen molar-refractivity contribution < 1.29 is 14.3 Å². The molecule has 0 bridgehead atoms. The van der Waals surface area contributed by atoms with Gasteiger partial charge >= 0.3 is 0 Å². The molecule has 3 rings (SSSR count). The van der Waals surface area contributed by atoms with E-state index in [1.165, 1.54) is 5.69 Å². The van der Waals surface area contributed by atoms with Crippen molar-refractivity contribution in [3.63, 3.8) is 0 Å². The van der Waals surface area contributed by atoms with Crippen molar-refractivity contribution in [1.29, 1.82) is 0 Å². The zero-order chi connectivity index (χ0) is 19.1. The second-order valence-corrected chi connectivity index (χ2v) is 6.55. The Morgan fingerprint density at radius 3 is 2.00 bits per heavy atom. The summed E-state index contributed by atoms with van der Waals surface area (Å²) in [7, 11) is 3.31. The number of amides is 1. The molecule has 1 N–H and O–H groups in total. The Morgan fingerprint density at radius 2 is 1.44 bits per heavy atom. The largest absolute Gasteiger partial charge is 0.497 e. The van der Waals surface area contributed by atoms with Crippen molar-refractivity contribution in [1.82, 2.24) is 4.90 Å². The molecule has 0 radical (unpaired) electrons. The number of rotatable bonds is 7. The van der Waals surface area contributed by atoms with Gasteiger partial charge in [-0.25, -0.2) is 0 Å². The van der Waals surface area contributed by atoms with E-state index in [9.17, 15) is 4.79 Å². The molecule has 27 heavy (non-hydrogen) atoms. The fourth-order valence-corrected chi connectivity index (χ4v) is 3.18. The zero-order valence-corrected chi connectivity index (χ0v) is 16.0. The summed E-state index contributed by atoms with van der Waals surface area (Å²) in [6, 6.07) is 15.6. The molecule has 2 aromatic rings. The first-order valence-electron chi connectivity index (χ1n) is 9.23. The van der Waals surface area contributed by atoms with Crippen molar-refractivity contribution in [2.45, 2.75) is 6.42 Å². The summed E-state index contributed by atoms with van der Waals surface area (Å²) in [6.07, 6.45) is 0.495. The van der Waals surface area contributed by atoms with Gasteiger partial charge in [-0.15, -0.1) is 0 Å². The van der Waals surface area contributed by atoms with Gasteiger partial charge in [0.2, 0.25) is 5.91 Å². The van der Waals surface area contributed by atoms with Crippen LogP contribution in [0.15, 0.2) is 48.5 Å². The maximum atomic E-state index is 12.2. The quantitative estimate of drug-likeness (QED) is 0.813. The molecule has 144 valence electrons. The number of methoxy groups -OCH3 is 2. The standard InChI is InChI=1S/C21H27N3O3/c1-26-19-7-3-17(4-8-19)22-21(25)11-12-23-13-15-24(16-14-23)18-5-9-20(27-2)10-6-18/h3-10H,11-16H2,1-2H3,(H,22,25). The van der Waals surface area contributed by atoms with E-state index in [1.54, 1.807) is 14.2 Å². The Hall–Kier alpha value is -2.73. The van der Waals surface area contributed by atoms with Gasteiger partial charge in [-0.05, 0) is 48.5 Å². The smallest absolute Gasteiger partial charge is 0.225 e. The molecular weight excluding hydrogens is 342 g/mol. The molecule has 1 aliphatic rings. The maximum absolute atomic E-state index is 12.2.